The minimum absolute atomic E-state index is 0.468. The van der Waals surface area contributed by atoms with Gasteiger partial charge in [0.15, 0.2) is 0 Å². The molecule has 1 N–H and O–H groups in total. The predicted molar refractivity (Wildman–Crippen MR) is 84.2 cm³/mol. The maximum absolute atomic E-state index is 5.75. The van der Waals surface area contributed by atoms with Crippen molar-refractivity contribution in [3.63, 3.8) is 0 Å². The first kappa shape index (κ1) is 14.4. The molecular formula is C15H18INO2. The van der Waals surface area contributed by atoms with Crippen LogP contribution in [0.5, 0.6) is 5.75 Å². The Balaban J connectivity index is 1.90. The number of nitrogens with one attached hydrogen (secondary N) is 1. The third-order valence-corrected chi connectivity index (χ3v) is 3.42. The Bertz CT molecular complexity index is 510. The quantitative estimate of drug-likeness (QED) is 0.591. The van der Waals surface area contributed by atoms with Crippen LogP contribution in [0.15, 0.2) is 41.0 Å². The summed E-state index contributed by atoms with van der Waals surface area (Å²) < 4.78 is 12.4. The summed E-state index contributed by atoms with van der Waals surface area (Å²) in [6.45, 7) is 4.47. The van der Waals surface area contributed by atoms with E-state index in [1.807, 2.05) is 30.3 Å². The molecule has 0 saturated heterocycles. The summed E-state index contributed by atoms with van der Waals surface area (Å²) in [6, 6.07) is 10.00. The van der Waals surface area contributed by atoms with Gasteiger partial charge in [-0.3, -0.25) is 0 Å². The Kier molecular flexibility index (Phi) is 5.72. The summed E-state index contributed by atoms with van der Waals surface area (Å²) in [5.74, 6) is 1.76. The van der Waals surface area contributed by atoms with Gasteiger partial charge in [-0.25, -0.2) is 0 Å². The monoisotopic (exact) mass is 371 g/mol. The fraction of sp³-hybridized carbons (Fsp3) is 0.333. The lowest BCUT2D eigenvalue weighted by molar-refractivity contribution is 0.268. The van der Waals surface area contributed by atoms with Gasteiger partial charge in [0.2, 0.25) is 0 Å². The first-order chi connectivity index (χ1) is 9.29. The van der Waals surface area contributed by atoms with Gasteiger partial charge >= 0.3 is 0 Å². The molecule has 0 aliphatic rings. The Labute approximate surface area is 127 Å². The Morgan fingerprint density at radius 2 is 2.21 bits per heavy atom. The summed E-state index contributed by atoms with van der Waals surface area (Å²) in [5.41, 5.74) is 1.17. The largest absolute Gasteiger partial charge is 0.486 e. The molecule has 0 saturated carbocycles. The zero-order valence-corrected chi connectivity index (χ0v) is 13.1. The molecule has 1 heterocycles. The van der Waals surface area contributed by atoms with Crippen LogP contribution in [0.25, 0.3) is 0 Å². The molecule has 0 aliphatic carbocycles. The van der Waals surface area contributed by atoms with Crippen molar-refractivity contribution in [1.82, 2.24) is 5.32 Å². The lowest BCUT2D eigenvalue weighted by atomic mass is 10.2. The number of hydrogen-bond acceptors (Lipinski definition) is 3. The molecule has 0 radical (unpaired) electrons. The van der Waals surface area contributed by atoms with Crippen LogP contribution in [0.2, 0.25) is 0 Å². The normalized spacial score (nSPS) is 10.6. The summed E-state index contributed by atoms with van der Waals surface area (Å²) in [4.78, 5) is 0. The van der Waals surface area contributed by atoms with E-state index in [1.54, 1.807) is 6.26 Å². The number of benzene rings is 1. The minimum atomic E-state index is 0.468. The van der Waals surface area contributed by atoms with E-state index in [1.165, 1.54) is 9.13 Å². The molecule has 0 amide bonds. The zero-order chi connectivity index (χ0) is 13.5. The maximum atomic E-state index is 5.75. The van der Waals surface area contributed by atoms with E-state index < -0.39 is 0 Å². The standard InChI is InChI=1S/C15H18INO2/c1-2-7-17-10-12-6-8-18-15(12)11-19-14-5-3-4-13(16)9-14/h3-6,8-9,17H,2,7,10-11H2,1H3. The van der Waals surface area contributed by atoms with Crippen LogP contribution in [0, 0.1) is 3.57 Å². The van der Waals surface area contributed by atoms with Gasteiger partial charge in [-0.2, -0.15) is 0 Å². The average molecular weight is 371 g/mol. The van der Waals surface area contributed by atoms with E-state index in [0.717, 1.165) is 31.0 Å². The van der Waals surface area contributed by atoms with Gasteiger partial charge in [0.1, 0.15) is 18.1 Å². The molecule has 0 unspecified atom stereocenters. The number of furan rings is 1. The van der Waals surface area contributed by atoms with Crippen molar-refractivity contribution in [2.24, 2.45) is 0 Å². The van der Waals surface area contributed by atoms with E-state index in [9.17, 15) is 0 Å². The van der Waals surface area contributed by atoms with Gasteiger partial charge < -0.3 is 14.5 Å². The van der Waals surface area contributed by atoms with E-state index in [-0.39, 0.29) is 0 Å². The molecule has 1 aromatic heterocycles. The molecule has 0 atom stereocenters. The number of ether oxygens (including phenoxy) is 1. The highest BCUT2D eigenvalue weighted by Crippen LogP contribution is 2.18. The maximum Gasteiger partial charge on any atom is 0.146 e. The smallest absolute Gasteiger partial charge is 0.146 e. The Morgan fingerprint density at radius 1 is 1.32 bits per heavy atom. The third-order valence-electron chi connectivity index (χ3n) is 2.75. The van der Waals surface area contributed by atoms with Gasteiger partial charge in [0.05, 0.1) is 6.26 Å². The second-order valence-electron chi connectivity index (χ2n) is 4.29. The van der Waals surface area contributed by atoms with Crippen molar-refractivity contribution >= 4 is 22.6 Å². The van der Waals surface area contributed by atoms with Crippen LogP contribution in [0.1, 0.15) is 24.7 Å². The van der Waals surface area contributed by atoms with Crippen LogP contribution in [0.4, 0.5) is 0 Å². The lowest BCUT2D eigenvalue weighted by Crippen LogP contribution is -2.14. The Morgan fingerprint density at radius 3 is 3.00 bits per heavy atom. The van der Waals surface area contributed by atoms with Crippen molar-refractivity contribution in [3.05, 3.63) is 51.5 Å². The first-order valence-electron chi connectivity index (χ1n) is 6.44. The molecule has 19 heavy (non-hydrogen) atoms. The van der Waals surface area contributed by atoms with Crippen molar-refractivity contribution in [2.45, 2.75) is 26.5 Å². The van der Waals surface area contributed by atoms with Crippen molar-refractivity contribution < 1.29 is 9.15 Å². The fourth-order valence-corrected chi connectivity index (χ4v) is 2.27. The van der Waals surface area contributed by atoms with Gasteiger partial charge in [0, 0.05) is 15.7 Å². The summed E-state index contributed by atoms with van der Waals surface area (Å²) >= 11 is 2.27. The highest BCUT2D eigenvalue weighted by molar-refractivity contribution is 14.1. The van der Waals surface area contributed by atoms with Crippen molar-refractivity contribution in [3.8, 4) is 5.75 Å². The van der Waals surface area contributed by atoms with Gasteiger partial charge in [0.25, 0.3) is 0 Å². The Hall–Kier alpha value is -1.01. The van der Waals surface area contributed by atoms with E-state index >= 15 is 0 Å². The number of halogens is 1. The lowest BCUT2D eigenvalue weighted by Gasteiger charge is -2.07. The second kappa shape index (κ2) is 7.55. The van der Waals surface area contributed by atoms with Gasteiger partial charge in [-0.15, -0.1) is 0 Å². The molecule has 2 aromatic rings. The molecule has 0 spiro atoms. The average Bonchev–Trinajstić information content (AvgIpc) is 2.84. The molecule has 102 valence electrons. The van der Waals surface area contributed by atoms with Crippen LogP contribution in [-0.4, -0.2) is 6.54 Å². The van der Waals surface area contributed by atoms with Crippen molar-refractivity contribution in [1.29, 1.82) is 0 Å². The first-order valence-corrected chi connectivity index (χ1v) is 7.52. The van der Waals surface area contributed by atoms with Gasteiger partial charge in [-0.1, -0.05) is 13.0 Å². The molecule has 0 aliphatic heterocycles. The second-order valence-corrected chi connectivity index (χ2v) is 5.54. The fourth-order valence-electron chi connectivity index (χ4n) is 1.76. The topological polar surface area (TPSA) is 34.4 Å². The van der Waals surface area contributed by atoms with Crippen LogP contribution in [0.3, 0.4) is 0 Å². The molecule has 3 nitrogen and oxygen atoms in total. The van der Waals surface area contributed by atoms with E-state index in [4.69, 9.17) is 9.15 Å². The SMILES string of the molecule is CCCNCc1ccoc1COc1cccc(I)c1. The van der Waals surface area contributed by atoms with E-state index in [0.29, 0.717) is 6.61 Å². The molecule has 0 fully saturated rings. The number of hydrogen-bond donors (Lipinski definition) is 1. The van der Waals surface area contributed by atoms with Crippen molar-refractivity contribution in [2.75, 3.05) is 6.54 Å². The molecule has 0 bridgehead atoms. The van der Waals surface area contributed by atoms with Crippen LogP contribution < -0.4 is 10.1 Å². The van der Waals surface area contributed by atoms with Crippen LogP contribution >= 0.6 is 22.6 Å². The molecule has 4 heteroatoms. The highest BCUT2D eigenvalue weighted by Gasteiger charge is 2.07. The van der Waals surface area contributed by atoms with Crippen LogP contribution in [-0.2, 0) is 13.2 Å². The number of rotatable bonds is 7. The van der Waals surface area contributed by atoms with Gasteiger partial charge in [-0.05, 0) is 59.8 Å². The predicted octanol–water partition coefficient (Wildman–Crippen LogP) is 3.96. The summed E-state index contributed by atoms with van der Waals surface area (Å²) in [6.07, 6.45) is 2.85. The zero-order valence-electron chi connectivity index (χ0n) is 11.0. The molecular weight excluding hydrogens is 353 g/mol. The third kappa shape index (κ3) is 4.54. The molecule has 2 rings (SSSR count). The minimum Gasteiger partial charge on any atom is -0.486 e. The summed E-state index contributed by atoms with van der Waals surface area (Å²) in [7, 11) is 0. The van der Waals surface area contributed by atoms with E-state index in [2.05, 4.69) is 34.8 Å². The highest BCUT2D eigenvalue weighted by atomic mass is 127. The molecule has 1 aromatic carbocycles. The summed E-state index contributed by atoms with van der Waals surface area (Å²) in [5, 5.41) is 3.37.